The Morgan fingerprint density at radius 1 is 0.762 bits per heavy atom. The van der Waals surface area contributed by atoms with Gasteiger partial charge in [-0.3, -0.25) is 0 Å². The van der Waals surface area contributed by atoms with Crippen LogP contribution in [-0.4, -0.2) is 0 Å². The van der Waals surface area contributed by atoms with Gasteiger partial charge in [-0.25, -0.2) is 0 Å². The molecule has 0 aliphatic carbocycles. The molecule has 3 aromatic carbocycles. The number of nitrogen functional groups attached to an aromatic ring is 1. The molecule has 0 aromatic heterocycles. The Labute approximate surface area is 128 Å². The van der Waals surface area contributed by atoms with E-state index in [2.05, 4.69) is 0 Å². The minimum Gasteiger partial charge on any atom is -0.454 e. The number of ether oxygens (including phenoxy) is 1. The molecule has 3 heteroatoms. The lowest BCUT2D eigenvalue weighted by molar-refractivity contribution is 0.487. The summed E-state index contributed by atoms with van der Waals surface area (Å²) in [6, 6.07) is 23.1. The monoisotopic (exact) mass is 295 g/mol. The molecule has 104 valence electrons. The third-order valence-corrected chi connectivity index (χ3v) is 3.40. The maximum absolute atomic E-state index is 6.00. The third kappa shape index (κ3) is 3.01. The number of rotatable bonds is 3. The molecule has 0 saturated carbocycles. The number of hydrogen-bond acceptors (Lipinski definition) is 2. The van der Waals surface area contributed by atoms with E-state index in [1.54, 1.807) is 18.2 Å². The number of anilines is 1. The normalized spacial score (nSPS) is 10.3. The van der Waals surface area contributed by atoms with E-state index in [9.17, 15) is 0 Å². The van der Waals surface area contributed by atoms with Crippen LogP contribution in [0.1, 0.15) is 0 Å². The number of nitrogens with two attached hydrogens (primary N) is 1. The fraction of sp³-hybridized carbons (Fsp3) is 0. The minimum absolute atomic E-state index is 0.558. The van der Waals surface area contributed by atoms with Crippen LogP contribution in [0.15, 0.2) is 72.8 Å². The highest BCUT2D eigenvalue weighted by atomic mass is 35.5. The van der Waals surface area contributed by atoms with E-state index in [0.29, 0.717) is 16.5 Å². The van der Waals surface area contributed by atoms with E-state index in [0.717, 1.165) is 16.9 Å². The fourth-order valence-electron chi connectivity index (χ4n) is 2.13. The largest absolute Gasteiger partial charge is 0.454 e. The van der Waals surface area contributed by atoms with Gasteiger partial charge < -0.3 is 10.5 Å². The molecule has 0 fully saturated rings. The van der Waals surface area contributed by atoms with Gasteiger partial charge >= 0.3 is 0 Å². The van der Waals surface area contributed by atoms with Gasteiger partial charge in [0.2, 0.25) is 0 Å². The van der Waals surface area contributed by atoms with E-state index < -0.39 is 0 Å². The molecule has 3 rings (SSSR count). The second-order valence-corrected chi connectivity index (χ2v) is 5.08. The first-order valence-electron chi connectivity index (χ1n) is 6.61. The van der Waals surface area contributed by atoms with Crippen LogP contribution in [0.25, 0.3) is 11.1 Å². The molecule has 3 aromatic rings. The van der Waals surface area contributed by atoms with Crippen LogP contribution in [0, 0.1) is 0 Å². The van der Waals surface area contributed by atoms with Gasteiger partial charge in [0.15, 0.2) is 5.75 Å². The lowest BCUT2D eigenvalue weighted by atomic mass is 10.0. The van der Waals surface area contributed by atoms with Crippen LogP contribution in [0.5, 0.6) is 11.5 Å². The maximum atomic E-state index is 6.00. The first-order valence-corrected chi connectivity index (χ1v) is 6.99. The minimum atomic E-state index is 0.558. The molecule has 0 bridgehead atoms. The molecule has 2 nitrogen and oxygen atoms in total. The van der Waals surface area contributed by atoms with Gasteiger partial charge in [-0.2, -0.15) is 0 Å². The average Bonchev–Trinajstić information content (AvgIpc) is 2.52. The molecule has 0 amide bonds. The van der Waals surface area contributed by atoms with E-state index >= 15 is 0 Å². The zero-order valence-electron chi connectivity index (χ0n) is 11.3. The van der Waals surface area contributed by atoms with E-state index in [1.807, 2.05) is 54.6 Å². The summed E-state index contributed by atoms with van der Waals surface area (Å²) in [7, 11) is 0. The summed E-state index contributed by atoms with van der Waals surface area (Å²) in [6.07, 6.45) is 0. The standard InChI is InChI=1S/C18H14ClNO/c19-14-10-11-16(20)18(12-14)21-17-9-5-4-8-15(17)13-6-2-1-3-7-13/h1-12H,20H2. The Kier molecular flexibility index (Phi) is 3.80. The maximum Gasteiger partial charge on any atom is 0.151 e. The van der Waals surface area contributed by atoms with Crippen molar-refractivity contribution in [2.75, 3.05) is 5.73 Å². The van der Waals surface area contributed by atoms with Crippen molar-refractivity contribution in [2.24, 2.45) is 0 Å². The van der Waals surface area contributed by atoms with E-state index in [4.69, 9.17) is 22.1 Å². The summed E-state index contributed by atoms with van der Waals surface area (Å²) in [5.74, 6) is 1.31. The lowest BCUT2D eigenvalue weighted by Crippen LogP contribution is -1.93. The Bertz CT molecular complexity index is 756. The van der Waals surface area contributed by atoms with Gasteiger partial charge in [-0.15, -0.1) is 0 Å². The summed E-state index contributed by atoms with van der Waals surface area (Å²) < 4.78 is 5.97. The van der Waals surface area contributed by atoms with Crippen LogP contribution in [-0.2, 0) is 0 Å². The molecule has 0 unspecified atom stereocenters. The van der Waals surface area contributed by atoms with Gasteiger partial charge in [0, 0.05) is 16.7 Å². The molecule has 0 heterocycles. The van der Waals surface area contributed by atoms with Gasteiger partial charge in [0.1, 0.15) is 5.75 Å². The summed E-state index contributed by atoms with van der Waals surface area (Å²) in [5.41, 5.74) is 8.60. The molecule has 0 radical (unpaired) electrons. The fourth-order valence-corrected chi connectivity index (χ4v) is 2.29. The number of hydrogen-bond donors (Lipinski definition) is 1. The molecule has 2 N–H and O–H groups in total. The molecule has 0 aliphatic rings. The summed E-state index contributed by atoms with van der Waals surface area (Å²) in [5, 5.41) is 0.594. The van der Waals surface area contributed by atoms with Gasteiger partial charge in [-0.05, 0) is 23.8 Å². The molecular formula is C18H14ClNO. The zero-order chi connectivity index (χ0) is 14.7. The van der Waals surface area contributed by atoms with Crippen molar-refractivity contribution >= 4 is 17.3 Å². The van der Waals surface area contributed by atoms with Crippen molar-refractivity contribution < 1.29 is 4.74 Å². The number of halogens is 1. The number of para-hydroxylation sites is 1. The number of benzene rings is 3. The highest BCUT2D eigenvalue weighted by Crippen LogP contribution is 2.36. The van der Waals surface area contributed by atoms with E-state index in [1.165, 1.54) is 0 Å². The predicted octanol–water partition coefficient (Wildman–Crippen LogP) is 5.38. The average molecular weight is 296 g/mol. The first-order chi connectivity index (χ1) is 10.2. The molecule has 0 aliphatic heterocycles. The van der Waals surface area contributed by atoms with Crippen molar-refractivity contribution in [3.05, 3.63) is 77.8 Å². The van der Waals surface area contributed by atoms with Crippen molar-refractivity contribution in [2.45, 2.75) is 0 Å². The van der Waals surface area contributed by atoms with Crippen LogP contribution in [0.3, 0.4) is 0 Å². The third-order valence-electron chi connectivity index (χ3n) is 3.17. The highest BCUT2D eigenvalue weighted by Gasteiger charge is 2.08. The van der Waals surface area contributed by atoms with Crippen LogP contribution in [0.2, 0.25) is 5.02 Å². The Morgan fingerprint density at radius 2 is 1.48 bits per heavy atom. The Balaban J connectivity index is 2.02. The SMILES string of the molecule is Nc1ccc(Cl)cc1Oc1ccccc1-c1ccccc1. The summed E-state index contributed by atoms with van der Waals surface area (Å²) in [6.45, 7) is 0. The van der Waals surface area contributed by atoms with E-state index in [-0.39, 0.29) is 0 Å². The second-order valence-electron chi connectivity index (χ2n) is 4.65. The summed E-state index contributed by atoms with van der Waals surface area (Å²) in [4.78, 5) is 0. The van der Waals surface area contributed by atoms with Crippen molar-refractivity contribution in [1.29, 1.82) is 0 Å². The molecule has 0 saturated heterocycles. The zero-order valence-corrected chi connectivity index (χ0v) is 12.0. The van der Waals surface area contributed by atoms with Crippen molar-refractivity contribution in [1.82, 2.24) is 0 Å². The molecule has 0 spiro atoms. The van der Waals surface area contributed by atoms with Crippen LogP contribution >= 0.6 is 11.6 Å². The van der Waals surface area contributed by atoms with Crippen molar-refractivity contribution in [3.63, 3.8) is 0 Å². The lowest BCUT2D eigenvalue weighted by Gasteiger charge is -2.13. The summed E-state index contributed by atoms with van der Waals surface area (Å²) >= 11 is 6.00. The van der Waals surface area contributed by atoms with Gasteiger partial charge in [-0.1, -0.05) is 60.1 Å². The predicted molar refractivity (Wildman–Crippen MR) is 87.8 cm³/mol. The quantitative estimate of drug-likeness (QED) is 0.658. The Morgan fingerprint density at radius 3 is 2.29 bits per heavy atom. The molecule has 0 atom stereocenters. The molecule has 21 heavy (non-hydrogen) atoms. The second kappa shape index (κ2) is 5.90. The van der Waals surface area contributed by atoms with Crippen LogP contribution < -0.4 is 10.5 Å². The van der Waals surface area contributed by atoms with Gasteiger partial charge in [0.25, 0.3) is 0 Å². The first kappa shape index (κ1) is 13.5. The topological polar surface area (TPSA) is 35.2 Å². The van der Waals surface area contributed by atoms with Gasteiger partial charge in [0.05, 0.1) is 5.69 Å². The Hall–Kier alpha value is -2.45. The highest BCUT2D eigenvalue weighted by molar-refractivity contribution is 6.30. The molecular weight excluding hydrogens is 282 g/mol. The van der Waals surface area contributed by atoms with Crippen molar-refractivity contribution in [3.8, 4) is 22.6 Å². The van der Waals surface area contributed by atoms with Crippen LogP contribution in [0.4, 0.5) is 5.69 Å². The smallest absolute Gasteiger partial charge is 0.151 e.